The zero-order chi connectivity index (χ0) is 74.6. The van der Waals surface area contributed by atoms with Gasteiger partial charge in [-0.2, -0.15) is 0 Å². The number of fused-ring (bicyclic) bond motifs is 1. The first kappa shape index (κ1) is 83.1. The van der Waals surface area contributed by atoms with Crippen molar-refractivity contribution in [2.45, 2.75) is 177 Å². The van der Waals surface area contributed by atoms with Gasteiger partial charge < -0.3 is 47.7 Å². The highest BCUT2D eigenvalue weighted by Crippen LogP contribution is 2.35. The summed E-state index contributed by atoms with van der Waals surface area (Å²) in [5.41, 5.74) is 16.0. The van der Waals surface area contributed by atoms with Gasteiger partial charge in [0.1, 0.15) is 46.9 Å². The number of aromatic nitrogens is 3. The van der Waals surface area contributed by atoms with Gasteiger partial charge >= 0.3 is 0 Å². The molecular formula is C69H102N16O14S. The molecule has 9 atom stereocenters. The maximum atomic E-state index is 13.3. The number of aryl methyl sites for hydroxylation is 1. The molecular weight excluding hydrogens is 1310 g/mol. The first-order valence-electron chi connectivity index (χ1n) is 33.5. The van der Waals surface area contributed by atoms with Crippen molar-refractivity contribution in [3.8, 4) is 5.75 Å². The molecule has 5 aromatic rings. The van der Waals surface area contributed by atoms with Gasteiger partial charge in [0, 0.05) is 47.5 Å². The summed E-state index contributed by atoms with van der Waals surface area (Å²) < 4.78 is 6.04. The lowest BCUT2D eigenvalue weighted by molar-refractivity contribution is -0.485. The van der Waals surface area contributed by atoms with Crippen molar-refractivity contribution in [3.05, 3.63) is 118 Å². The lowest BCUT2D eigenvalue weighted by Gasteiger charge is -2.35. The summed E-state index contributed by atoms with van der Waals surface area (Å²) in [6, 6.07) is 18.4. The van der Waals surface area contributed by atoms with E-state index < -0.39 is 70.3 Å². The normalized spacial score (nSPS) is 16.1. The lowest BCUT2D eigenvalue weighted by atomic mass is 9.83. The summed E-state index contributed by atoms with van der Waals surface area (Å²) in [7, 11) is 0. The first-order valence-corrected chi connectivity index (χ1v) is 34.4. The molecule has 6 rings (SSSR count). The molecule has 3 aromatic heterocycles. The molecule has 31 heteroatoms. The van der Waals surface area contributed by atoms with E-state index in [2.05, 4.69) is 46.6 Å². The summed E-state index contributed by atoms with van der Waals surface area (Å²) in [6.45, 7) is 25.6. The third-order valence-corrected chi connectivity index (χ3v) is 17.6. The van der Waals surface area contributed by atoms with Crippen molar-refractivity contribution in [1.29, 1.82) is 0 Å². The fraction of sp³-hybridized carbons (Fsp3) is 0.536. The Morgan fingerprint density at radius 3 is 1.90 bits per heavy atom. The monoisotopic (exact) mass is 1410 g/mol. The lowest BCUT2D eigenvalue weighted by Crippen LogP contribution is -2.54. The second-order valence-corrected chi connectivity index (χ2v) is 27.7. The standard InChI is InChI=1S/C27H32N4O4.C22H36N4O4.C20H34N8O6S/c1-17(2)14-24(25(32)30-34)31-13-12-27(28,26(31)33)20-8-10-21(11-9-20)35-16-19-15-18(3)29-23-7-5-4-6-22(19)23;1-7-16(6)19(22(29)24-18-10-8-9-11-23-18)25-21(28)17(12-14(2)3)20(15(4)5)26(30)13-27;1-12(2)10-14(16(13(3)4)27(32)11-29)17(30)24-15(18(31)25-20-23-8-9-35-20)6-5-7-22-19(21)26-28(33)34/h4-11,15,17,24,34H,12-14,16,28H2,1-3H3,(H,30,32);8-11,13-17,19-20,30H,7,12H2,1-6H3,(H,25,28)(H,23,24,29);8-9,11-16,32H,5-7,10H2,1-4H3,(H,24,30)(H3,21,22,26)(H,23,25,31)/t24-,27-;16-,17+,19-,20-;14-,15+,16+/m101/s1. The van der Waals surface area contributed by atoms with Crippen LogP contribution in [0.25, 0.3) is 10.9 Å². The van der Waals surface area contributed by atoms with Crippen molar-refractivity contribution in [2.24, 2.45) is 63.9 Å². The maximum Gasteiger partial charge on any atom is 0.266 e. The van der Waals surface area contributed by atoms with Crippen LogP contribution >= 0.6 is 11.3 Å². The van der Waals surface area contributed by atoms with Gasteiger partial charge in [0.15, 0.2) is 10.2 Å². The summed E-state index contributed by atoms with van der Waals surface area (Å²) in [4.78, 5) is 125. The molecule has 30 nitrogen and oxygen atoms in total. The van der Waals surface area contributed by atoms with E-state index in [4.69, 9.17) is 21.4 Å². The molecule has 548 valence electrons. The summed E-state index contributed by atoms with van der Waals surface area (Å²) in [5.74, 6) is -3.47. The smallest absolute Gasteiger partial charge is 0.266 e. The van der Waals surface area contributed by atoms with Crippen molar-refractivity contribution in [2.75, 3.05) is 23.7 Å². The highest BCUT2D eigenvalue weighted by Gasteiger charge is 2.49. The van der Waals surface area contributed by atoms with Crippen molar-refractivity contribution in [1.82, 2.24) is 51.4 Å². The number of likely N-dealkylation sites (tertiary alicyclic amines) is 1. The minimum atomic E-state index is -1.23. The number of para-hydroxylation sites is 1. The van der Waals surface area contributed by atoms with Gasteiger partial charge in [0.05, 0.1) is 29.4 Å². The molecule has 4 heterocycles. The number of nitro groups is 1. The number of nitrogens with zero attached hydrogens (tertiary/aromatic N) is 8. The molecule has 1 aliphatic rings. The topological polar surface area (TPSA) is 435 Å². The Labute approximate surface area is 588 Å². The average molecular weight is 1410 g/mol. The molecule has 0 saturated carbocycles. The Hall–Kier alpha value is -9.30. The Balaban J connectivity index is 0.000000320. The Bertz CT molecular complexity index is 3480. The molecule has 0 radical (unpaired) electrons. The van der Waals surface area contributed by atoms with Crippen molar-refractivity contribution in [3.63, 3.8) is 0 Å². The van der Waals surface area contributed by atoms with Crippen LogP contribution in [0, 0.1) is 64.4 Å². The van der Waals surface area contributed by atoms with E-state index in [-0.39, 0.29) is 78.6 Å². The number of pyridine rings is 2. The van der Waals surface area contributed by atoms with Gasteiger partial charge in [-0.05, 0) is 123 Å². The van der Waals surface area contributed by atoms with Crippen molar-refractivity contribution < 1.29 is 63.7 Å². The summed E-state index contributed by atoms with van der Waals surface area (Å²) in [5, 5.41) is 59.5. The highest BCUT2D eigenvalue weighted by molar-refractivity contribution is 7.13. The van der Waals surface area contributed by atoms with E-state index in [1.807, 2.05) is 119 Å². The van der Waals surface area contributed by atoms with E-state index in [1.54, 1.807) is 61.2 Å². The van der Waals surface area contributed by atoms with E-state index in [9.17, 15) is 58.9 Å². The minimum Gasteiger partial charge on any atom is -0.489 e. The second-order valence-electron chi connectivity index (χ2n) is 26.8. The molecule has 8 amide bonds. The van der Waals surface area contributed by atoms with Gasteiger partial charge in [-0.3, -0.25) is 59.0 Å². The average Bonchev–Trinajstić information content (AvgIpc) is 1.67. The van der Waals surface area contributed by atoms with Gasteiger partial charge in [-0.1, -0.05) is 126 Å². The van der Waals surface area contributed by atoms with Crippen LogP contribution in [0.15, 0.2) is 95.7 Å². The van der Waals surface area contributed by atoms with Gasteiger partial charge in [0.2, 0.25) is 42.4 Å². The highest BCUT2D eigenvalue weighted by atomic mass is 32.1. The number of hydrazone groups is 1. The van der Waals surface area contributed by atoms with Crippen LogP contribution in [0.5, 0.6) is 5.75 Å². The molecule has 1 aliphatic heterocycles. The Kier molecular flexibility index (Phi) is 33.8. The van der Waals surface area contributed by atoms with Crippen LogP contribution in [0.4, 0.5) is 10.9 Å². The van der Waals surface area contributed by atoms with Crippen LogP contribution in [0.3, 0.4) is 0 Å². The van der Waals surface area contributed by atoms with Crippen LogP contribution in [0.1, 0.15) is 145 Å². The van der Waals surface area contributed by atoms with Crippen LogP contribution in [-0.4, -0.2) is 148 Å². The van der Waals surface area contributed by atoms with E-state index in [0.717, 1.165) is 22.2 Å². The number of anilines is 2. The predicted octanol–water partition coefficient (Wildman–Crippen LogP) is 7.49. The number of amides is 8. The zero-order valence-electron chi connectivity index (χ0n) is 59.4. The third-order valence-electron chi connectivity index (χ3n) is 16.9. The predicted molar refractivity (Wildman–Crippen MR) is 378 cm³/mol. The number of guanidine groups is 1. The van der Waals surface area contributed by atoms with Gasteiger partial charge in [-0.25, -0.2) is 35.7 Å². The van der Waals surface area contributed by atoms with E-state index in [1.165, 1.54) is 22.4 Å². The fourth-order valence-corrected chi connectivity index (χ4v) is 12.4. The number of rotatable bonds is 35. The van der Waals surface area contributed by atoms with E-state index >= 15 is 0 Å². The minimum absolute atomic E-state index is 0.0719. The quantitative estimate of drug-likeness (QED) is 0.00356. The maximum absolute atomic E-state index is 13.3. The first-order chi connectivity index (χ1) is 47.3. The molecule has 1 fully saturated rings. The number of hydrogen-bond acceptors (Lipinski definition) is 19. The third kappa shape index (κ3) is 25.1. The number of nitrogens with two attached hydrogens (primary N) is 2. The molecule has 0 bridgehead atoms. The fourth-order valence-electron chi connectivity index (χ4n) is 11.9. The molecule has 0 aliphatic carbocycles. The van der Waals surface area contributed by atoms with Gasteiger partial charge in [-0.15, -0.1) is 11.3 Å². The Morgan fingerprint density at radius 1 is 0.790 bits per heavy atom. The summed E-state index contributed by atoms with van der Waals surface area (Å²) >= 11 is 1.21. The van der Waals surface area contributed by atoms with Crippen LogP contribution in [-0.2, 0) is 50.5 Å². The van der Waals surface area contributed by atoms with E-state index in [0.29, 0.717) is 90.5 Å². The number of carbonyl (C=O) groups is 8. The Morgan fingerprint density at radius 2 is 1.38 bits per heavy atom. The zero-order valence-corrected chi connectivity index (χ0v) is 60.2. The molecule has 2 aromatic carbocycles. The molecule has 1 saturated heterocycles. The SMILES string of the molecule is CC(C)C[C@@H](C(=O)N[C@@H](CCCN/C(N)=N/[N+](=O)[O-])C(=O)Nc1nccs1)[C@H](C(C)C)N(O)C=O.CC[C@H](C)[C@H](NC(=O)[C@H](CC(C)C)[C@H](C(C)C)N(O)C=O)C(=O)Nc1ccccn1.Cc1cc(COc2ccc([C@]3(N)CCN([C@H](CC(C)C)C(=O)NO)C3=O)cc2)c2ccccc2n1. The summed E-state index contributed by atoms with van der Waals surface area (Å²) in [6.07, 6.45) is 6.50. The number of hydrogen-bond donors (Lipinski definition) is 11. The van der Waals surface area contributed by atoms with Crippen LogP contribution in [0.2, 0.25) is 0 Å². The number of carbonyl (C=O) groups excluding carboxylic acids is 8. The number of benzene rings is 2. The van der Waals surface area contributed by atoms with Gasteiger partial charge in [0.25, 0.3) is 11.9 Å². The number of thiazole rings is 1. The second kappa shape index (κ2) is 40.7. The number of nitrogens with one attached hydrogen (secondary N) is 6. The van der Waals surface area contributed by atoms with Crippen molar-refractivity contribution >= 4 is 87.4 Å². The number of ether oxygens (including phenoxy) is 1. The number of hydroxylamine groups is 5. The molecule has 0 spiro atoms. The molecule has 13 N–H and O–H groups in total. The largest absolute Gasteiger partial charge is 0.489 e. The molecule has 0 unspecified atom stereocenters. The van der Waals surface area contributed by atoms with Crippen LogP contribution < -0.4 is 48.3 Å². The molecule has 100 heavy (non-hydrogen) atoms.